The Morgan fingerprint density at radius 2 is 0.952 bits per heavy atom. The third-order valence-electron chi connectivity index (χ3n) is 0.940. The van der Waals surface area contributed by atoms with Gasteiger partial charge < -0.3 is 17.2 Å². The van der Waals surface area contributed by atoms with E-state index in [2.05, 4.69) is 0 Å². The summed E-state index contributed by atoms with van der Waals surface area (Å²) in [6.07, 6.45) is 0. The Balaban J connectivity index is -0.0000000973. The summed E-state index contributed by atoms with van der Waals surface area (Å²) in [5.41, 5.74) is 19.8. The monoisotopic (exact) mass is 485 g/mol. The number of halogens is 2. The Morgan fingerprint density at radius 3 is 1.05 bits per heavy atom. The van der Waals surface area contributed by atoms with Crippen LogP contribution in [0.4, 0.5) is 8.22 Å². The van der Waals surface area contributed by atoms with Crippen LogP contribution in [0.25, 0.3) is 17.2 Å². The fourth-order valence-electron chi connectivity index (χ4n) is 0.534. The van der Waals surface area contributed by atoms with Crippen LogP contribution in [0, 0.1) is 0 Å². The zero-order valence-electron chi connectivity index (χ0n) is 13.9. The Kier molecular flexibility index (Phi) is 28.1. The molecule has 0 aliphatic carbocycles. The molecule has 7 heteroatoms. The molecule has 1 aromatic carbocycles. The van der Waals surface area contributed by atoms with Gasteiger partial charge in [0.25, 0.3) is 0 Å². The van der Waals surface area contributed by atoms with Gasteiger partial charge in [0, 0.05) is 0 Å². The van der Waals surface area contributed by atoms with Crippen molar-refractivity contribution >= 4 is 14.7 Å². The van der Waals surface area contributed by atoms with Gasteiger partial charge in [0.2, 0.25) is 0 Å². The molecule has 122 valence electrons. The van der Waals surface area contributed by atoms with Crippen LogP contribution in [0.3, 0.4) is 0 Å². The minimum atomic E-state index is -3.48. The maximum Gasteiger partial charge on any atom is 4.00 e. The van der Waals surface area contributed by atoms with E-state index in [0.717, 1.165) is 0 Å². The summed E-state index contributed by atoms with van der Waals surface area (Å²) in [4.78, 5) is 0. The fourth-order valence-corrected chi connectivity index (χ4v) is 1.05. The standard InChI is InChI=1S/C5H5F2Si.3C3H8N.Hf/c6-8(7)5-3-1-2-4-5;3*1-3(2)4;/h1-4,8H;3*3-4H,1-2H3;/q4*-1;+4. The third-order valence-corrected chi connectivity index (χ3v) is 1.83. The summed E-state index contributed by atoms with van der Waals surface area (Å²) in [5, 5.41) is 0.241. The molecule has 0 spiro atoms. The topological polar surface area (TPSA) is 71.4 Å². The van der Waals surface area contributed by atoms with Crippen molar-refractivity contribution in [1.82, 2.24) is 0 Å². The molecule has 0 atom stereocenters. The van der Waals surface area contributed by atoms with Crippen LogP contribution in [-0.4, -0.2) is 27.6 Å². The van der Waals surface area contributed by atoms with E-state index in [4.69, 9.17) is 17.2 Å². The molecule has 0 aliphatic rings. The Labute approximate surface area is 149 Å². The molecular weight excluding hydrogens is 455 g/mol. The van der Waals surface area contributed by atoms with Crippen LogP contribution >= 0.6 is 0 Å². The van der Waals surface area contributed by atoms with Crippen LogP contribution in [0.5, 0.6) is 0 Å². The normalized spacial score (nSPS) is 9.10. The van der Waals surface area contributed by atoms with E-state index in [1.165, 1.54) is 12.1 Å². The average Bonchev–Trinajstić information content (AvgIpc) is 2.66. The van der Waals surface area contributed by atoms with Crippen molar-refractivity contribution < 1.29 is 34.1 Å². The minimum Gasteiger partial charge on any atom is -0.675 e. The smallest absolute Gasteiger partial charge is 0.675 e. The molecule has 1 aromatic rings. The van der Waals surface area contributed by atoms with Crippen LogP contribution < -0.4 is 5.19 Å². The molecule has 21 heavy (non-hydrogen) atoms. The SMILES string of the molecule is CC(C)[NH-].CC(C)[NH-].CC(C)[NH-].F[SiH](F)[c-]1cccc1.[Hf+4]. The molecule has 3 nitrogen and oxygen atoms in total. The summed E-state index contributed by atoms with van der Waals surface area (Å²) in [5.74, 6) is 0. The van der Waals surface area contributed by atoms with E-state index in [1.807, 2.05) is 41.5 Å². The van der Waals surface area contributed by atoms with E-state index in [9.17, 15) is 8.22 Å². The predicted octanol–water partition coefficient (Wildman–Crippen LogP) is 5.11. The quantitative estimate of drug-likeness (QED) is 0.302. The predicted molar refractivity (Wildman–Crippen MR) is 89.4 cm³/mol. The van der Waals surface area contributed by atoms with Gasteiger partial charge in [-0.15, -0.1) is 23.3 Å². The van der Waals surface area contributed by atoms with Crippen molar-refractivity contribution in [2.45, 2.75) is 59.7 Å². The molecular formula is C14H29F2HfN3Si. The van der Waals surface area contributed by atoms with E-state index in [1.54, 1.807) is 12.1 Å². The van der Waals surface area contributed by atoms with Gasteiger partial charge in [-0.05, 0) is 0 Å². The van der Waals surface area contributed by atoms with Crippen LogP contribution in [0.2, 0.25) is 0 Å². The molecule has 0 aromatic heterocycles. The molecule has 0 saturated heterocycles. The van der Waals surface area contributed by atoms with Gasteiger partial charge >= 0.3 is 35.3 Å². The summed E-state index contributed by atoms with van der Waals surface area (Å²) in [7, 11) is -3.48. The van der Waals surface area contributed by atoms with Crippen molar-refractivity contribution in [3.8, 4) is 0 Å². The number of hydrogen-bond acceptors (Lipinski definition) is 0. The van der Waals surface area contributed by atoms with Gasteiger partial charge in [-0.3, -0.25) is 8.22 Å². The van der Waals surface area contributed by atoms with E-state index >= 15 is 0 Å². The van der Waals surface area contributed by atoms with Crippen molar-refractivity contribution in [3.05, 3.63) is 41.5 Å². The molecule has 1 rings (SSSR count). The summed E-state index contributed by atoms with van der Waals surface area (Å²) < 4.78 is 23.5. The van der Waals surface area contributed by atoms with Gasteiger partial charge in [0.1, 0.15) is 0 Å². The van der Waals surface area contributed by atoms with Crippen molar-refractivity contribution in [2.75, 3.05) is 0 Å². The van der Waals surface area contributed by atoms with Gasteiger partial charge in [0.15, 0.2) is 0 Å². The van der Waals surface area contributed by atoms with Crippen LogP contribution in [0.15, 0.2) is 24.3 Å². The molecule has 3 N–H and O–H groups in total. The van der Waals surface area contributed by atoms with Gasteiger partial charge in [-0.25, -0.2) is 12.1 Å². The number of nitrogens with one attached hydrogen (secondary N) is 3. The molecule has 0 saturated carbocycles. The van der Waals surface area contributed by atoms with E-state index in [-0.39, 0.29) is 49.2 Å². The van der Waals surface area contributed by atoms with E-state index < -0.39 is 9.46 Å². The summed E-state index contributed by atoms with van der Waals surface area (Å²) in [6, 6.07) is 6.46. The second-order valence-corrected chi connectivity index (χ2v) is 6.25. The number of hydrogen-bond donors (Lipinski definition) is 0. The summed E-state index contributed by atoms with van der Waals surface area (Å²) in [6.45, 7) is 11.0. The Hall–Kier alpha value is 0.177. The summed E-state index contributed by atoms with van der Waals surface area (Å²) >= 11 is 0. The van der Waals surface area contributed by atoms with Crippen molar-refractivity contribution in [1.29, 1.82) is 0 Å². The third kappa shape index (κ3) is 53.4. The minimum absolute atomic E-state index is 0. The Bertz CT molecular complexity index is 247. The van der Waals surface area contributed by atoms with Crippen LogP contribution in [0.1, 0.15) is 41.5 Å². The maximum atomic E-state index is 11.7. The first-order chi connectivity index (χ1) is 9.00. The first kappa shape index (κ1) is 29.2. The molecule has 0 fully saturated rings. The molecule has 0 bridgehead atoms. The Morgan fingerprint density at radius 1 is 0.762 bits per heavy atom. The fraction of sp³-hybridized carbons (Fsp3) is 0.643. The zero-order valence-corrected chi connectivity index (χ0v) is 18.6. The van der Waals surface area contributed by atoms with Crippen molar-refractivity contribution in [2.24, 2.45) is 0 Å². The molecule has 0 amide bonds. The first-order valence-electron chi connectivity index (χ1n) is 6.63. The molecule has 0 unspecified atom stereocenters. The second kappa shape index (κ2) is 20.2. The average molecular weight is 484 g/mol. The second-order valence-electron chi connectivity index (χ2n) is 4.98. The largest absolute Gasteiger partial charge is 4.00 e. The van der Waals surface area contributed by atoms with Crippen LogP contribution in [-0.2, 0) is 25.8 Å². The zero-order chi connectivity index (χ0) is 16.7. The van der Waals surface area contributed by atoms with E-state index in [0.29, 0.717) is 0 Å². The van der Waals surface area contributed by atoms with Gasteiger partial charge in [-0.2, -0.15) is 12.1 Å². The molecule has 0 heterocycles. The van der Waals surface area contributed by atoms with Gasteiger partial charge in [0.05, 0.1) is 0 Å². The maximum absolute atomic E-state index is 11.7. The number of rotatable bonds is 1. The van der Waals surface area contributed by atoms with Gasteiger partial charge in [-0.1, -0.05) is 41.5 Å². The molecule has 0 aliphatic heterocycles. The van der Waals surface area contributed by atoms with Crippen molar-refractivity contribution in [3.63, 3.8) is 0 Å². The first-order valence-corrected chi connectivity index (χ1v) is 8.08. The molecule has 0 radical (unpaired) electrons.